The predicted octanol–water partition coefficient (Wildman–Crippen LogP) is 2.00. The third-order valence-corrected chi connectivity index (χ3v) is 4.99. The fourth-order valence-electron chi connectivity index (χ4n) is 2.63. The number of aryl methyl sites for hydroxylation is 1. The second kappa shape index (κ2) is 8.28. The number of fused-ring (bicyclic) bond motifs is 1. The van der Waals surface area contributed by atoms with E-state index in [0.717, 1.165) is 10.2 Å². The van der Waals surface area contributed by atoms with Crippen molar-refractivity contribution in [2.75, 3.05) is 20.3 Å². The second-order valence-corrected chi connectivity index (χ2v) is 6.70. The molecule has 0 unspecified atom stereocenters. The zero-order valence-corrected chi connectivity index (χ0v) is 16.2. The van der Waals surface area contributed by atoms with Gasteiger partial charge in [0, 0.05) is 26.9 Å². The highest BCUT2D eigenvalue weighted by Gasteiger charge is 2.14. The topological polar surface area (TPSA) is 87.7 Å². The summed E-state index contributed by atoms with van der Waals surface area (Å²) in [5, 5.41) is 4.00. The second-order valence-electron chi connectivity index (χ2n) is 5.69. The van der Waals surface area contributed by atoms with Crippen molar-refractivity contribution < 1.29 is 19.1 Å². The van der Waals surface area contributed by atoms with E-state index in [4.69, 9.17) is 9.47 Å². The van der Waals surface area contributed by atoms with E-state index in [9.17, 15) is 9.59 Å². The summed E-state index contributed by atoms with van der Waals surface area (Å²) >= 11 is 1.34. The van der Waals surface area contributed by atoms with Crippen LogP contribution in [0.15, 0.2) is 35.5 Å². The number of carbonyl (C=O) groups excluding carboxylic acids is 2. The minimum atomic E-state index is -0.377. The monoisotopic (exact) mass is 388 g/mol. The van der Waals surface area contributed by atoms with E-state index in [0.29, 0.717) is 35.8 Å². The van der Waals surface area contributed by atoms with Crippen LogP contribution in [0, 0.1) is 0 Å². The van der Waals surface area contributed by atoms with Gasteiger partial charge in [-0.15, -0.1) is 0 Å². The van der Waals surface area contributed by atoms with Crippen LogP contribution in [-0.2, 0) is 23.1 Å². The number of hydrogen-bond donors (Lipinski definition) is 0. The van der Waals surface area contributed by atoms with Crippen molar-refractivity contribution in [2.24, 2.45) is 12.0 Å². The number of nitrogens with zero attached hydrogens (tertiary/aromatic N) is 4. The van der Waals surface area contributed by atoms with Gasteiger partial charge in [-0.05, 0) is 31.2 Å². The quantitative estimate of drug-likeness (QED) is 0.603. The molecule has 9 heteroatoms. The van der Waals surface area contributed by atoms with Crippen molar-refractivity contribution in [3.05, 3.63) is 46.5 Å². The van der Waals surface area contributed by atoms with E-state index in [-0.39, 0.29) is 11.9 Å². The molecular formula is C18H20N4O4S. The van der Waals surface area contributed by atoms with E-state index in [2.05, 4.69) is 10.1 Å². The molecule has 0 bridgehead atoms. The van der Waals surface area contributed by atoms with Gasteiger partial charge in [0.25, 0.3) is 5.91 Å². The maximum Gasteiger partial charge on any atom is 0.338 e. The van der Waals surface area contributed by atoms with E-state index in [1.165, 1.54) is 16.0 Å². The minimum Gasteiger partial charge on any atom is -0.462 e. The molecule has 0 aliphatic heterocycles. The first-order valence-corrected chi connectivity index (χ1v) is 9.23. The largest absolute Gasteiger partial charge is 0.462 e. The molecule has 2 heterocycles. The van der Waals surface area contributed by atoms with E-state index in [1.54, 1.807) is 45.5 Å². The maximum atomic E-state index is 12.5. The number of ether oxygens (including phenoxy) is 2. The molecule has 3 aromatic rings. The van der Waals surface area contributed by atoms with Gasteiger partial charge in [-0.1, -0.05) is 11.3 Å². The highest BCUT2D eigenvalue weighted by atomic mass is 32.1. The van der Waals surface area contributed by atoms with Crippen LogP contribution in [-0.4, -0.2) is 46.5 Å². The molecule has 0 aliphatic rings. The Morgan fingerprint density at radius 2 is 2.11 bits per heavy atom. The number of rotatable bonds is 6. The molecule has 1 amide bonds. The smallest absolute Gasteiger partial charge is 0.338 e. The lowest BCUT2D eigenvalue weighted by atomic mass is 10.2. The number of amides is 1. The van der Waals surface area contributed by atoms with Gasteiger partial charge in [0.2, 0.25) is 0 Å². The molecule has 0 radical (unpaired) electrons. The van der Waals surface area contributed by atoms with Crippen LogP contribution in [0.1, 0.15) is 27.8 Å². The Bertz CT molecular complexity index is 1050. The summed E-state index contributed by atoms with van der Waals surface area (Å²) in [6.07, 6.45) is 1.55. The molecule has 27 heavy (non-hydrogen) atoms. The molecule has 0 saturated carbocycles. The number of hydrogen-bond acceptors (Lipinski definition) is 6. The van der Waals surface area contributed by atoms with Gasteiger partial charge in [0.15, 0.2) is 4.80 Å². The molecule has 0 atom stereocenters. The van der Waals surface area contributed by atoms with Crippen LogP contribution in [0.3, 0.4) is 0 Å². The summed E-state index contributed by atoms with van der Waals surface area (Å²) in [4.78, 5) is 29.3. The van der Waals surface area contributed by atoms with Crippen molar-refractivity contribution in [1.82, 2.24) is 14.3 Å². The van der Waals surface area contributed by atoms with Crippen molar-refractivity contribution >= 4 is 33.4 Å². The number of carbonyl (C=O) groups is 2. The van der Waals surface area contributed by atoms with Crippen molar-refractivity contribution in [1.29, 1.82) is 0 Å². The zero-order chi connectivity index (χ0) is 19.4. The molecule has 0 spiro atoms. The highest BCUT2D eigenvalue weighted by Crippen LogP contribution is 2.20. The maximum absolute atomic E-state index is 12.5. The Morgan fingerprint density at radius 1 is 1.30 bits per heavy atom. The molecule has 0 saturated heterocycles. The van der Waals surface area contributed by atoms with Gasteiger partial charge in [0.05, 0.1) is 29.0 Å². The lowest BCUT2D eigenvalue weighted by molar-refractivity contribution is 0.0526. The summed E-state index contributed by atoms with van der Waals surface area (Å²) in [6, 6.07) is 6.93. The van der Waals surface area contributed by atoms with E-state index >= 15 is 0 Å². The summed E-state index contributed by atoms with van der Waals surface area (Å²) < 4.78 is 14.5. The fraction of sp³-hybridized carbons (Fsp3) is 0.333. The van der Waals surface area contributed by atoms with Gasteiger partial charge in [-0.25, -0.2) is 4.79 Å². The molecule has 2 aromatic heterocycles. The molecule has 3 rings (SSSR count). The number of thiazole rings is 1. The van der Waals surface area contributed by atoms with Crippen LogP contribution < -0.4 is 4.80 Å². The summed E-state index contributed by atoms with van der Waals surface area (Å²) in [6.45, 7) is 3.08. The highest BCUT2D eigenvalue weighted by molar-refractivity contribution is 7.16. The molecule has 1 aromatic carbocycles. The average molecular weight is 388 g/mol. The summed E-state index contributed by atoms with van der Waals surface area (Å²) in [5.74, 6) is -0.751. The number of esters is 1. The standard InChI is InChI=1S/C18H20N4O4S/c1-4-26-17(24)12-5-6-13-15(11-12)27-18(22(13)9-10-25-3)20-16(23)14-7-8-19-21(14)2/h5-8,11H,4,9-10H2,1-3H3. The number of benzene rings is 1. The Balaban J connectivity index is 2.09. The Hall–Kier alpha value is -2.78. The van der Waals surface area contributed by atoms with Crippen LogP contribution in [0.25, 0.3) is 10.2 Å². The number of methoxy groups -OCH3 is 1. The van der Waals surface area contributed by atoms with Gasteiger partial charge in [-0.2, -0.15) is 10.1 Å². The van der Waals surface area contributed by atoms with Gasteiger partial charge >= 0.3 is 5.97 Å². The molecule has 142 valence electrons. The summed E-state index contributed by atoms with van der Waals surface area (Å²) in [5.41, 5.74) is 1.74. The third kappa shape index (κ3) is 3.99. The minimum absolute atomic E-state index is 0.314. The van der Waals surface area contributed by atoms with E-state index in [1.807, 2.05) is 10.6 Å². The molecular weight excluding hydrogens is 368 g/mol. The fourth-order valence-corrected chi connectivity index (χ4v) is 3.72. The predicted molar refractivity (Wildman–Crippen MR) is 101 cm³/mol. The first-order valence-electron chi connectivity index (χ1n) is 8.41. The van der Waals surface area contributed by atoms with Crippen LogP contribution >= 0.6 is 11.3 Å². The van der Waals surface area contributed by atoms with Gasteiger partial charge in [0.1, 0.15) is 5.69 Å². The average Bonchev–Trinajstić information content (AvgIpc) is 3.22. The van der Waals surface area contributed by atoms with Crippen LogP contribution in [0.4, 0.5) is 0 Å². The lowest BCUT2D eigenvalue weighted by Gasteiger charge is -2.05. The van der Waals surface area contributed by atoms with Crippen LogP contribution in [0.2, 0.25) is 0 Å². The van der Waals surface area contributed by atoms with Crippen molar-refractivity contribution in [3.63, 3.8) is 0 Å². The zero-order valence-electron chi connectivity index (χ0n) is 15.3. The van der Waals surface area contributed by atoms with Crippen molar-refractivity contribution in [2.45, 2.75) is 13.5 Å². The first kappa shape index (κ1) is 19.0. The first-order chi connectivity index (χ1) is 13.0. The summed E-state index contributed by atoms with van der Waals surface area (Å²) in [7, 11) is 3.31. The van der Waals surface area contributed by atoms with Gasteiger partial charge < -0.3 is 14.0 Å². The Morgan fingerprint density at radius 3 is 2.78 bits per heavy atom. The Labute approximate surface area is 159 Å². The molecule has 0 aliphatic carbocycles. The molecule has 0 N–H and O–H groups in total. The lowest BCUT2D eigenvalue weighted by Crippen LogP contribution is -2.20. The molecule has 8 nitrogen and oxygen atoms in total. The van der Waals surface area contributed by atoms with E-state index < -0.39 is 0 Å². The number of aromatic nitrogens is 3. The van der Waals surface area contributed by atoms with Gasteiger partial charge in [-0.3, -0.25) is 9.48 Å². The van der Waals surface area contributed by atoms with Crippen LogP contribution in [0.5, 0.6) is 0 Å². The molecule has 0 fully saturated rings. The third-order valence-electron chi connectivity index (χ3n) is 3.95. The van der Waals surface area contributed by atoms with Crippen molar-refractivity contribution in [3.8, 4) is 0 Å². The SMILES string of the molecule is CCOC(=O)c1ccc2c(c1)sc(=NC(=O)c1ccnn1C)n2CCOC. The normalized spacial score (nSPS) is 11.9. The Kier molecular flexibility index (Phi) is 5.82.